The van der Waals surface area contributed by atoms with E-state index in [0.29, 0.717) is 0 Å². The molecule has 8 N–H and O–H groups in total. The van der Waals surface area contributed by atoms with E-state index in [-0.39, 0.29) is 5.66 Å². The summed E-state index contributed by atoms with van der Waals surface area (Å²) >= 11 is 0. The van der Waals surface area contributed by atoms with Gasteiger partial charge in [-0.1, -0.05) is 19.3 Å². The van der Waals surface area contributed by atoms with E-state index in [0.717, 1.165) is 40.5 Å². The molecule has 0 aliphatic heterocycles. The van der Waals surface area contributed by atoms with Crippen molar-refractivity contribution in [2.75, 3.05) is 0 Å². The first-order valence-corrected chi connectivity index (χ1v) is 7.00. The van der Waals surface area contributed by atoms with Gasteiger partial charge in [-0.3, -0.25) is 19.2 Å². The second kappa shape index (κ2) is 18.8. The third kappa shape index (κ3) is 115. The molecule has 1 fully saturated rings. The summed E-state index contributed by atoms with van der Waals surface area (Å²) in [6, 6.07) is 0. The van der Waals surface area contributed by atoms with E-state index < -0.39 is 23.9 Å². The van der Waals surface area contributed by atoms with Crippen LogP contribution in [0.2, 0.25) is 0 Å². The molecule has 1 saturated carbocycles. The van der Waals surface area contributed by atoms with Crippen LogP contribution in [0.3, 0.4) is 0 Å². The van der Waals surface area contributed by atoms with Gasteiger partial charge in [-0.05, 0) is 12.8 Å². The summed E-state index contributed by atoms with van der Waals surface area (Å²) in [5.41, 5.74) is 11.0. The zero-order valence-corrected chi connectivity index (χ0v) is 14.6. The molecule has 0 aromatic heterocycles. The molecule has 1 rings (SSSR count). The highest BCUT2D eigenvalue weighted by molar-refractivity contribution is 5.63. The van der Waals surface area contributed by atoms with Gasteiger partial charge in [0.15, 0.2) is 0 Å². The van der Waals surface area contributed by atoms with Crippen molar-refractivity contribution in [2.45, 2.75) is 65.5 Å². The minimum absolute atomic E-state index is 0.321. The normalized spacial score (nSPS) is 13.4. The Bertz CT molecular complexity index is 298. The summed E-state index contributed by atoms with van der Waals surface area (Å²) in [7, 11) is 0. The van der Waals surface area contributed by atoms with Gasteiger partial charge >= 0.3 is 0 Å². The number of carboxylic acid groups (broad SMARTS) is 4. The van der Waals surface area contributed by atoms with Crippen LogP contribution < -0.4 is 11.5 Å². The molecule has 0 unspecified atom stereocenters. The van der Waals surface area contributed by atoms with E-state index in [1.165, 1.54) is 19.3 Å². The number of hydrogen-bond donors (Lipinski definition) is 6. The van der Waals surface area contributed by atoms with Crippen molar-refractivity contribution in [3.05, 3.63) is 0 Å². The molecule has 10 nitrogen and oxygen atoms in total. The molecule has 24 heavy (non-hydrogen) atoms. The molecule has 0 heterocycles. The summed E-state index contributed by atoms with van der Waals surface area (Å²) < 4.78 is 0. The predicted octanol–water partition coefficient (Wildman–Crippen LogP) is 0.928. The lowest BCUT2D eigenvalue weighted by Crippen LogP contribution is -2.50. The number of rotatable bonds is 0. The summed E-state index contributed by atoms with van der Waals surface area (Å²) in [5.74, 6) is -3.33. The SMILES string of the molecule is CC(=O)O.CC(=O)O.CC(=O)O.CC(=O)O.NC1(N)CCCCC1. The van der Waals surface area contributed by atoms with Crippen LogP contribution >= 0.6 is 0 Å². The summed E-state index contributed by atoms with van der Waals surface area (Å²) in [5, 5.41) is 29.7. The van der Waals surface area contributed by atoms with Crippen LogP contribution in [0.5, 0.6) is 0 Å². The van der Waals surface area contributed by atoms with Gasteiger partial charge in [0.05, 0.1) is 5.66 Å². The monoisotopic (exact) mass is 354 g/mol. The van der Waals surface area contributed by atoms with Gasteiger partial charge < -0.3 is 31.9 Å². The van der Waals surface area contributed by atoms with Crippen LogP contribution in [0.1, 0.15) is 59.8 Å². The van der Waals surface area contributed by atoms with Crippen molar-refractivity contribution in [3.63, 3.8) is 0 Å². The van der Waals surface area contributed by atoms with Gasteiger partial charge in [-0.2, -0.15) is 0 Å². The molecule has 0 amide bonds. The Balaban J connectivity index is -0.000000110. The Morgan fingerprint density at radius 2 is 0.792 bits per heavy atom. The minimum Gasteiger partial charge on any atom is -0.481 e. The molecular weight excluding hydrogens is 324 g/mol. The fourth-order valence-corrected chi connectivity index (χ4v) is 1.21. The lowest BCUT2D eigenvalue weighted by Gasteiger charge is -2.28. The Morgan fingerprint density at radius 3 is 0.875 bits per heavy atom. The Labute approximate surface area is 141 Å². The maximum absolute atomic E-state index is 9.00. The molecule has 0 saturated heterocycles. The van der Waals surface area contributed by atoms with E-state index >= 15 is 0 Å². The average molecular weight is 354 g/mol. The zero-order chi connectivity index (χ0) is 20.3. The third-order valence-corrected chi connectivity index (χ3v) is 1.78. The number of aliphatic carboxylic acids is 4. The molecule has 0 spiro atoms. The van der Waals surface area contributed by atoms with Gasteiger partial charge in [0.2, 0.25) is 0 Å². The first-order chi connectivity index (χ1) is 10.6. The van der Waals surface area contributed by atoms with Crippen molar-refractivity contribution in [1.82, 2.24) is 0 Å². The lowest BCUT2D eigenvalue weighted by molar-refractivity contribution is -0.135. The predicted molar refractivity (Wildman–Crippen MR) is 87.4 cm³/mol. The van der Waals surface area contributed by atoms with Crippen molar-refractivity contribution in [3.8, 4) is 0 Å². The van der Waals surface area contributed by atoms with Gasteiger partial charge in [-0.15, -0.1) is 0 Å². The Kier molecular flexibility index (Phi) is 23.4. The van der Waals surface area contributed by atoms with Gasteiger partial charge in [0.1, 0.15) is 0 Å². The van der Waals surface area contributed by atoms with Crippen molar-refractivity contribution in [2.24, 2.45) is 11.5 Å². The number of carboxylic acids is 4. The second-order valence-corrected chi connectivity index (χ2v) is 4.87. The van der Waals surface area contributed by atoms with Crippen LogP contribution in [0.15, 0.2) is 0 Å². The average Bonchev–Trinajstić information content (AvgIpc) is 2.24. The highest BCUT2D eigenvalue weighted by Gasteiger charge is 2.21. The Morgan fingerprint density at radius 1 is 0.625 bits per heavy atom. The number of carbonyl (C=O) groups is 4. The molecule has 0 aromatic carbocycles. The Hall–Kier alpha value is -2.20. The van der Waals surface area contributed by atoms with Crippen LogP contribution in [0.25, 0.3) is 0 Å². The zero-order valence-electron chi connectivity index (χ0n) is 14.6. The van der Waals surface area contributed by atoms with Crippen molar-refractivity contribution in [1.29, 1.82) is 0 Å². The molecule has 10 heteroatoms. The molecule has 1 aliphatic carbocycles. The maximum Gasteiger partial charge on any atom is 0.300 e. The fraction of sp³-hybridized carbons (Fsp3) is 0.714. The molecule has 144 valence electrons. The summed E-state index contributed by atoms with van der Waals surface area (Å²) in [4.78, 5) is 36.0. The molecule has 0 aromatic rings. The molecule has 0 bridgehead atoms. The summed E-state index contributed by atoms with van der Waals surface area (Å²) in [6.45, 7) is 4.33. The molecule has 1 aliphatic rings. The van der Waals surface area contributed by atoms with E-state index in [4.69, 9.17) is 51.1 Å². The van der Waals surface area contributed by atoms with E-state index in [2.05, 4.69) is 0 Å². The second-order valence-electron chi connectivity index (χ2n) is 4.87. The van der Waals surface area contributed by atoms with Gasteiger partial charge in [0.25, 0.3) is 23.9 Å². The number of hydrogen-bond acceptors (Lipinski definition) is 6. The van der Waals surface area contributed by atoms with Crippen LogP contribution in [0, 0.1) is 0 Å². The van der Waals surface area contributed by atoms with Crippen molar-refractivity contribution < 1.29 is 39.6 Å². The maximum atomic E-state index is 9.00. The van der Waals surface area contributed by atoms with Gasteiger partial charge in [-0.25, -0.2) is 0 Å². The fourth-order valence-electron chi connectivity index (χ4n) is 1.21. The highest BCUT2D eigenvalue weighted by atomic mass is 16.4. The standard InChI is InChI=1S/C6H14N2.4C2H4O2/c7-6(8)4-2-1-3-5-6;4*1-2(3)4/h1-5,7-8H2;4*1H3,(H,3,4). The summed E-state index contributed by atoms with van der Waals surface area (Å²) in [6.07, 6.45) is 5.76. The van der Waals surface area contributed by atoms with Crippen LogP contribution in [0.4, 0.5) is 0 Å². The largest absolute Gasteiger partial charge is 0.481 e. The van der Waals surface area contributed by atoms with E-state index in [1.807, 2.05) is 0 Å². The quantitative estimate of drug-likeness (QED) is 0.339. The topological polar surface area (TPSA) is 201 Å². The first kappa shape index (κ1) is 29.8. The van der Waals surface area contributed by atoms with E-state index in [9.17, 15) is 0 Å². The molecule has 0 atom stereocenters. The minimum atomic E-state index is -0.833. The van der Waals surface area contributed by atoms with Crippen LogP contribution in [-0.4, -0.2) is 50.0 Å². The van der Waals surface area contributed by atoms with Gasteiger partial charge in [0, 0.05) is 27.7 Å². The van der Waals surface area contributed by atoms with E-state index in [1.54, 1.807) is 0 Å². The van der Waals surface area contributed by atoms with Crippen LogP contribution in [-0.2, 0) is 19.2 Å². The highest BCUT2D eigenvalue weighted by Crippen LogP contribution is 2.20. The first-order valence-electron chi connectivity index (χ1n) is 7.00. The van der Waals surface area contributed by atoms with Crippen molar-refractivity contribution >= 4 is 23.9 Å². The smallest absolute Gasteiger partial charge is 0.300 e. The third-order valence-electron chi connectivity index (χ3n) is 1.78. The molecule has 0 radical (unpaired) electrons. The number of nitrogens with two attached hydrogens (primary N) is 2. The molecular formula is C14H30N2O8. The lowest BCUT2D eigenvalue weighted by atomic mass is 9.91.